The molecule has 0 saturated carbocycles. The molecule has 0 aliphatic heterocycles. The van der Waals surface area contributed by atoms with E-state index in [4.69, 9.17) is 25.1 Å². The Labute approximate surface area is 126 Å². The Morgan fingerprint density at radius 3 is 2.10 bits per heavy atom. The highest BCUT2D eigenvalue weighted by Crippen LogP contribution is 2.39. The minimum Gasteiger partial charge on any atom is -0.493 e. The highest BCUT2D eigenvalue weighted by Gasteiger charge is 2.19. The largest absolute Gasteiger partial charge is 0.493 e. The molecule has 0 bridgehead atoms. The highest BCUT2D eigenvalue weighted by molar-refractivity contribution is 5.54. The van der Waals surface area contributed by atoms with Crippen LogP contribution in [0.2, 0.25) is 0 Å². The first kappa shape index (κ1) is 17.6. The van der Waals surface area contributed by atoms with Gasteiger partial charge in [-0.15, -0.1) is 0 Å². The lowest BCUT2D eigenvalue weighted by molar-refractivity contribution is 0.263. The Hall–Kier alpha value is -1.50. The van der Waals surface area contributed by atoms with Crippen molar-refractivity contribution in [1.82, 2.24) is 5.32 Å². The van der Waals surface area contributed by atoms with Gasteiger partial charge in [-0.2, -0.15) is 0 Å². The lowest BCUT2D eigenvalue weighted by Crippen LogP contribution is -2.35. The number of nitrogens with two attached hydrogens (primary N) is 1. The van der Waals surface area contributed by atoms with Crippen LogP contribution in [0.4, 0.5) is 0 Å². The molecule has 1 aromatic carbocycles. The summed E-state index contributed by atoms with van der Waals surface area (Å²) in [5.74, 6) is 1.76. The SMILES string of the molecule is COc1cc(C(CN)NC(C)CCO)cc(OC)c1OC. The summed E-state index contributed by atoms with van der Waals surface area (Å²) in [4.78, 5) is 0. The van der Waals surface area contributed by atoms with Gasteiger partial charge in [-0.3, -0.25) is 0 Å². The Balaban J connectivity index is 3.09. The Kier molecular flexibility index (Phi) is 7.28. The third-order valence-corrected chi connectivity index (χ3v) is 3.37. The molecule has 6 nitrogen and oxygen atoms in total. The van der Waals surface area contributed by atoms with Crippen molar-refractivity contribution in [3.05, 3.63) is 17.7 Å². The molecule has 0 fully saturated rings. The Bertz CT molecular complexity index is 415. The van der Waals surface area contributed by atoms with Gasteiger partial charge in [0.15, 0.2) is 11.5 Å². The van der Waals surface area contributed by atoms with Crippen molar-refractivity contribution in [2.45, 2.75) is 25.4 Å². The van der Waals surface area contributed by atoms with Crippen LogP contribution in [0.3, 0.4) is 0 Å². The summed E-state index contributed by atoms with van der Waals surface area (Å²) < 4.78 is 16.0. The fourth-order valence-corrected chi connectivity index (χ4v) is 2.22. The van der Waals surface area contributed by atoms with E-state index in [0.29, 0.717) is 30.2 Å². The quantitative estimate of drug-likeness (QED) is 0.632. The molecule has 1 aromatic rings. The van der Waals surface area contributed by atoms with Crippen molar-refractivity contribution < 1.29 is 19.3 Å². The van der Waals surface area contributed by atoms with Crippen LogP contribution < -0.4 is 25.3 Å². The summed E-state index contributed by atoms with van der Waals surface area (Å²) in [6, 6.07) is 3.87. The van der Waals surface area contributed by atoms with Crippen LogP contribution >= 0.6 is 0 Å². The second-order valence-electron chi connectivity index (χ2n) is 4.83. The standard InChI is InChI=1S/C15H26N2O4/c1-10(5-6-18)17-12(9-16)11-7-13(19-2)15(21-4)14(8-11)20-3/h7-8,10,12,17-18H,5-6,9,16H2,1-4H3. The molecule has 0 aromatic heterocycles. The smallest absolute Gasteiger partial charge is 0.203 e. The third kappa shape index (κ3) is 4.49. The van der Waals surface area contributed by atoms with E-state index in [9.17, 15) is 0 Å². The second-order valence-corrected chi connectivity index (χ2v) is 4.83. The average Bonchev–Trinajstić information content (AvgIpc) is 2.51. The van der Waals surface area contributed by atoms with Gasteiger partial charge in [-0.05, 0) is 31.0 Å². The van der Waals surface area contributed by atoms with Gasteiger partial charge in [0.2, 0.25) is 5.75 Å². The van der Waals surface area contributed by atoms with Crippen LogP contribution in [0.15, 0.2) is 12.1 Å². The average molecular weight is 298 g/mol. The fraction of sp³-hybridized carbons (Fsp3) is 0.600. The Morgan fingerprint density at radius 2 is 1.71 bits per heavy atom. The zero-order valence-electron chi connectivity index (χ0n) is 13.2. The number of ether oxygens (including phenoxy) is 3. The van der Waals surface area contributed by atoms with E-state index < -0.39 is 0 Å². The molecule has 4 N–H and O–H groups in total. The summed E-state index contributed by atoms with van der Waals surface area (Å²) in [6.45, 7) is 2.58. The molecule has 6 heteroatoms. The number of nitrogens with one attached hydrogen (secondary N) is 1. The summed E-state index contributed by atoms with van der Waals surface area (Å²) >= 11 is 0. The number of methoxy groups -OCH3 is 3. The Morgan fingerprint density at radius 1 is 1.14 bits per heavy atom. The van der Waals surface area contributed by atoms with Gasteiger partial charge in [-0.1, -0.05) is 0 Å². The van der Waals surface area contributed by atoms with E-state index in [1.165, 1.54) is 0 Å². The van der Waals surface area contributed by atoms with E-state index in [2.05, 4.69) is 5.32 Å². The monoisotopic (exact) mass is 298 g/mol. The van der Waals surface area contributed by atoms with Crippen molar-refractivity contribution >= 4 is 0 Å². The molecule has 0 spiro atoms. The van der Waals surface area contributed by atoms with E-state index in [-0.39, 0.29) is 18.7 Å². The zero-order chi connectivity index (χ0) is 15.8. The minimum absolute atomic E-state index is 0.0553. The highest BCUT2D eigenvalue weighted by atomic mass is 16.5. The van der Waals surface area contributed by atoms with Crippen LogP contribution in [0.25, 0.3) is 0 Å². The number of benzene rings is 1. The lowest BCUT2D eigenvalue weighted by Gasteiger charge is -2.24. The maximum atomic E-state index is 9.00. The topological polar surface area (TPSA) is 86.0 Å². The van der Waals surface area contributed by atoms with Crippen molar-refractivity contribution in [3.8, 4) is 17.2 Å². The van der Waals surface area contributed by atoms with Crippen molar-refractivity contribution in [2.24, 2.45) is 5.73 Å². The van der Waals surface area contributed by atoms with Gasteiger partial charge in [0, 0.05) is 25.2 Å². The molecule has 120 valence electrons. The van der Waals surface area contributed by atoms with Gasteiger partial charge in [0.05, 0.1) is 21.3 Å². The summed E-state index contributed by atoms with van der Waals surface area (Å²) in [7, 11) is 4.74. The lowest BCUT2D eigenvalue weighted by atomic mass is 10.0. The molecule has 0 heterocycles. The number of aliphatic hydroxyl groups is 1. The van der Waals surface area contributed by atoms with Crippen molar-refractivity contribution in [1.29, 1.82) is 0 Å². The van der Waals surface area contributed by atoms with Crippen LogP contribution in [0.5, 0.6) is 17.2 Å². The van der Waals surface area contributed by atoms with Crippen LogP contribution in [-0.4, -0.2) is 45.6 Å². The van der Waals surface area contributed by atoms with Gasteiger partial charge in [0.1, 0.15) is 0 Å². The minimum atomic E-state index is -0.0553. The summed E-state index contributed by atoms with van der Waals surface area (Å²) in [5, 5.41) is 12.4. The normalized spacial score (nSPS) is 13.6. The summed E-state index contributed by atoms with van der Waals surface area (Å²) in [5.41, 5.74) is 6.82. The van der Waals surface area contributed by atoms with Crippen molar-refractivity contribution in [3.63, 3.8) is 0 Å². The molecule has 2 unspecified atom stereocenters. The summed E-state index contributed by atoms with van der Waals surface area (Å²) in [6.07, 6.45) is 0.668. The van der Waals surface area contributed by atoms with E-state index in [1.807, 2.05) is 19.1 Å². The zero-order valence-corrected chi connectivity index (χ0v) is 13.2. The van der Waals surface area contributed by atoms with Gasteiger partial charge in [0.25, 0.3) is 0 Å². The molecular weight excluding hydrogens is 272 g/mol. The first-order valence-corrected chi connectivity index (χ1v) is 6.98. The molecule has 0 radical (unpaired) electrons. The van der Waals surface area contributed by atoms with E-state index in [1.54, 1.807) is 21.3 Å². The molecule has 0 aliphatic rings. The maximum absolute atomic E-state index is 9.00. The number of hydrogen-bond acceptors (Lipinski definition) is 6. The molecule has 0 saturated heterocycles. The molecule has 0 amide bonds. The molecule has 1 rings (SSSR count). The molecule has 2 atom stereocenters. The fourth-order valence-electron chi connectivity index (χ4n) is 2.22. The van der Waals surface area contributed by atoms with Gasteiger partial charge < -0.3 is 30.4 Å². The van der Waals surface area contributed by atoms with Gasteiger partial charge in [-0.25, -0.2) is 0 Å². The second kappa shape index (κ2) is 8.71. The van der Waals surface area contributed by atoms with Crippen LogP contribution in [-0.2, 0) is 0 Å². The van der Waals surface area contributed by atoms with Gasteiger partial charge >= 0.3 is 0 Å². The molecule has 0 aliphatic carbocycles. The first-order valence-electron chi connectivity index (χ1n) is 6.98. The van der Waals surface area contributed by atoms with Crippen LogP contribution in [0, 0.1) is 0 Å². The first-order chi connectivity index (χ1) is 10.1. The van der Waals surface area contributed by atoms with Crippen LogP contribution in [0.1, 0.15) is 24.9 Å². The van der Waals surface area contributed by atoms with Crippen molar-refractivity contribution in [2.75, 3.05) is 34.5 Å². The molecule has 21 heavy (non-hydrogen) atoms. The maximum Gasteiger partial charge on any atom is 0.203 e. The third-order valence-electron chi connectivity index (χ3n) is 3.37. The number of hydrogen-bond donors (Lipinski definition) is 3. The number of rotatable bonds is 9. The number of aliphatic hydroxyl groups excluding tert-OH is 1. The predicted octanol–water partition coefficient (Wildman–Crippen LogP) is 1.07. The molecular formula is C15H26N2O4. The predicted molar refractivity (Wildman–Crippen MR) is 82.2 cm³/mol. The van der Waals surface area contributed by atoms with E-state index in [0.717, 1.165) is 5.56 Å². The van der Waals surface area contributed by atoms with E-state index >= 15 is 0 Å².